The van der Waals surface area contributed by atoms with E-state index in [0.717, 1.165) is 18.0 Å². The molecule has 0 amide bonds. The highest BCUT2D eigenvalue weighted by atomic mass is 15.3. The number of fused-ring (bicyclic) bond motifs is 1. The Hall–Kier alpha value is -2.13. The molecule has 0 N–H and O–H groups in total. The van der Waals surface area contributed by atoms with Crippen LogP contribution in [-0.2, 0) is 13.6 Å². The zero-order valence-electron chi connectivity index (χ0n) is 18.0. The number of hydrogen-bond donors (Lipinski definition) is 0. The summed E-state index contributed by atoms with van der Waals surface area (Å²) in [5.74, 6) is 0.916. The maximum Gasteiger partial charge on any atom is 0.100 e. The van der Waals surface area contributed by atoms with Gasteiger partial charge in [-0.25, -0.2) is 0 Å². The van der Waals surface area contributed by atoms with Crippen LogP contribution in [-0.4, -0.2) is 27.8 Å². The second-order valence-corrected chi connectivity index (χ2v) is 8.72. The fourth-order valence-electron chi connectivity index (χ4n) is 4.69. The maximum absolute atomic E-state index is 4.99. The molecule has 1 heterocycles. The molecule has 0 aliphatic heterocycles. The van der Waals surface area contributed by atoms with Crippen LogP contribution in [0.15, 0.2) is 30.3 Å². The van der Waals surface area contributed by atoms with Crippen LogP contribution < -0.4 is 0 Å². The molecule has 1 aliphatic rings. The second kappa shape index (κ2) is 7.71. The Balaban J connectivity index is 1.77. The summed E-state index contributed by atoms with van der Waals surface area (Å²) in [5, 5.41) is 6.29. The summed E-state index contributed by atoms with van der Waals surface area (Å²) in [5.41, 5.74) is 9.06. The topological polar surface area (TPSA) is 21.1 Å². The third kappa shape index (κ3) is 3.73. The van der Waals surface area contributed by atoms with Gasteiger partial charge in [-0.05, 0) is 69.2 Å². The summed E-state index contributed by atoms with van der Waals surface area (Å²) >= 11 is 0. The summed E-state index contributed by atoms with van der Waals surface area (Å²) in [6.45, 7) is 12.3. The molecule has 0 saturated heterocycles. The molecule has 4 rings (SSSR count). The van der Waals surface area contributed by atoms with Gasteiger partial charge in [-0.1, -0.05) is 42.8 Å². The smallest absolute Gasteiger partial charge is 0.100 e. The Labute approximate surface area is 169 Å². The van der Waals surface area contributed by atoms with Gasteiger partial charge in [-0.15, -0.1) is 0 Å². The zero-order chi connectivity index (χ0) is 19.8. The Kier molecular flexibility index (Phi) is 5.29. The van der Waals surface area contributed by atoms with E-state index in [0.29, 0.717) is 0 Å². The first-order valence-electron chi connectivity index (χ1n) is 10.7. The van der Waals surface area contributed by atoms with Gasteiger partial charge in [0.15, 0.2) is 0 Å². The molecule has 3 aromatic rings. The molecule has 0 radical (unpaired) electrons. The lowest BCUT2D eigenvalue weighted by Crippen LogP contribution is -2.27. The minimum atomic E-state index is 0.916. The third-order valence-electron chi connectivity index (χ3n) is 6.06. The number of rotatable bonds is 7. The highest BCUT2D eigenvalue weighted by Gasteiger charge is 2.25. The van der Waals surface area contributed by atoms with Crippen LogP contribution in [0.3, 0.4) is 0 Å². The lowest BCUT2D eigenvalue weighted by Gasteiger charge is -2.21. The zero-order valence-corrected chi connectivity index (χ0v) is 18.0. The van der Waals surface area contributed by atoms with E-state index < -0.39 is 0 Å². The van der Waals surface area contributed by atoms with Gasteiger partial charge < -0.3 is 0 Å². The van der Waals surface area contributed by atoms with Gasteiger partial charge in [0.2, 0.25) is 0 Å². The molecule has 0 spiro atoms. The van der Waals surface area contributed by atoms with Gasteiger partial charge in [0.05, 0.1) is 5.69 Å². The van der Waals surface area contributed by atoms with Crippen molar-refractivity contribution < 1.29 is 0 Å². The first-order chi connectivity index (χ1) is 13.5. The fraction of sp³-hybridized carbons (Fsp3) is 0.480. The number of aromatic nitrogens is 2. The van der Waals surface area contributed by atoms with E-state index in [4.69, 9.17) is 5.10 Å². The van der Waals surface area contributed by atoms with Crippen molar-refractivity contribution in [2.75, 3.05) is 13.1 Å². The first-order valence-corrected chi connectivity index (χ1v) is 10.7. The van der Waals surface area contributed by atoms with Gasteiger partial charge in [0.1, 0.15) is 5.52 Å². The Morgan fingerprint density at radius 3 is 2.46 bits per heavy atom. The molecule has 148 valence electrons. The summed E-state index contributed by atoms with van der Waals surface area (Å²) < 4.78 is 2.11. The Bertz CT molecular complexity index is 971. The van der Waals surface area contributed by atoms with Crippen molar-refractivity contribution in [2.24, 2.45) is 13.0 Å². The fourth-order valence-corrected chi connectivity index (χ4v) is 4.69. The van der Waals surface area contributed by atoms with Gasteiger partial charge in [-0.2, -0.15) is 5.10 Å². The van der Waals surface area contributed by atoms with Crippen LogP contribution in [0.1, 0.15) is 48.6 Å². The summed E-state index contributed by atoms with van der Waals surface area (Å²) in [4.78, 5) is 2.63. The maximum atomic E-state index is 4.99. The summed E-state index contributed by atoms with van der Waals surface area (Å²) in [6.07, 6.45) is 4.01. The van der Waals surface area contributed by atoms with Gasteiger partial charge in [0, 0.05) is 31.1 Å². The average Bonchev–Trinajstić information content (AvgIpc) is 3.38. The van der Waals surface area contributed by atoms with Crippen molar-refractivity contribution >= 4 is 10.9 Å². The quantitative estimate of drug-likeness (QED) is 0.521. The van der Waals surface area contributed by atoms with E-state index in [1.54, 1.807) is 0 Å². The monoisotopic (exact) mass is 375 g/mol. The highest BCUT2D eigenvalue weighted by molar-refractivity contribution is 5.96. The minimum Gasteiger partial charge on any atom is -0.297 e. The average molecular weight is 376 g/mol. The predicted octanol–water partition coefficient (Wildman–Crippen LogP) is 5.79. The van der Waals surface area contributed by atoms with E-state index in [1.165, 1.54) is 71.2 Å². The van der Waals surface area contributed by atoms with E-state index >= 15 is 0 Å². The van der Waals surface area contributed by atoms with Crippen LogP contribution in [0.5, 0.6) is 0 Å². The van der Waals surface area contributed by atoms with Crippen molar-refractivity contribution in [3.63, 3.8) is 0 Å². The predicted molar refractivity (Wildman–Crippen MR) is 119 cm³/mol. The van der Waals surface area contributed by atoms with E-state index in [2.05, 4.69) is 74.7 Å². The van der Waals surface area contributed by atoms with Crippen molar-refractivity contribution in [3.8, 4) is 11.1 Å². The van der Waals surface area contributed by atoms with Crippen LogP contribution in [0, 0.1) is 26.7 Å². The van der Waals surface area contributed by atoms with Gasteiger partial charge in [-0.3, -0.25) is 9.58 Å². The number of aryl methyl sites for hydroxylation is 4. The van der Waals surface area contributed by atoms with Crippen LogP contribution in [0.25, 0.3) is 22.0 Å². The molecule has 2 aromatic carbocycles. The molecule has 3 nitrogen and oxygen atoms in total. The standard InChI is InChI=1S/C25H33N3/c1-6-12-28(15-20-10-11-20)16-23-21-8-7-9-22(25(21)26-27(23)5)24-18(3)13-17(2)14-19(24)4/h7-9,13-14,20H,6,10-12,15-16H2,1-5H3. The third-order valence-corrected chi connectivity index (χ3v) is 6.06. The molecule has 3 heteroatoms. The molecular formula is C25H33N3. The molecule has 1 saturated carbocycles. The molecular weight excluding hydrogens is 342 g/mol. The second-order valence-electron chi connectivity index (χ2n) is 8.72. The van der Waals surface area contributed by atoms with Gasteiger partial charge in [0.25, 0.3) is 0 Å². The van der Waals surface area contributed by atoms with Crippen molar-refractivity contribution in [3.05, 3.63) is 52.7 Å². The molecule has 28 heavy (non-hydrogen) atoms. The molecule has 1 aromatic heterocycles. The van der Waals surface area contributed by atoms with E-state index in [-0.39, 0.29) is 0 Å². The lowest BCUT2D eigenvalue weighted by atomic mass is 9.92. The number of nitrogens with zero attached hydrogens (tertiary/aromatic N) is 3. The summed E-state index contributed by atoms with van der Waals surface area (Å²) in [7, 11) is 2.11. The van der Waals surface area contributed by atoms with Crippen LogP contribution in [0.4, 0.5) is 0 Å². The SMILES string of the molecule is CCCN(Cc1c2cccc(-c3c(C)cc(C)cc3C)c2nn1C)CC1CC1. The number of benzene rings is 2. The molecule has 1 fully saturated rings. The Morgan fingerprint density at radius 1 is 1.11 bits per heavy atom. The normalized spacial score (nSPS) is 14.4. The van der Waals surface area contributed by atoms with Crippen molar-refractivity contribution in [2.45, 2.75) is 53.5 Å². The minimum absolute atomic E-state index is 0.916. The van der Waals surface area contributed by atoms with Gasteiger partial charge >= 0.3 is 0 Å². The lowest BCUT2D eigenvalue weighted by molar-refractivity contribution is 0.249. The highest BCUT2D eigenvalue weighted by Crippen LogP contribution is 2.35. The van der Waals surface area contributed by atoms with Crippen molar-refractivity contribution in [1.29, 1.82) is 0 Å². The van der Waals surface area contributed by atoms with Crippen LogP contribution in [0.2, 0.25) is 0 Å². The van der Waals surface area contributed by atoms with Crippen molar-refractivity contribution in [1.82, 2.24) is 14.7 Å². The first kappa shape index (κ1) is 19.2. The summed E-state index contributed by atoms with van der Waals surface area (Å²) in [6, 6.07) is 11.2. The largest absolute Gasteiger partial charge is 0.297 e. The molecule has 0 bridgehead atoms. The van der Waals surface area contributed by atoms with E-state index in [9.17, 15) is 0 Å². The Morgan fingerprint density at radius 2 is 1.82 bits per heavy atom. The molecule has 0 atom stereocenters. The van der Waals surface area contributed by atoms with E-state index in [1.807, 2.05) is 0 Å². The van der Waals surface area contributed by atoms with Crippen LogP contribution >= 0.6 is 0 Å². The number of hydrogen-bond acceptors (Lipinski definition) is 2. The molecule has 1 aliphatic carbocycles. The molecule has 0 unspecified atom stereocenters.